The average molecular weight is 411 g/mol. The van der Waals surface area contributed by atoms with Crippen molar-refractivity contribution in [3.8, 4) is 11.5 Å². The van der Waals surface area contributed by atoms with Crippen molar-refractivity contribution >= 4 is 11.7 Å². The molecule has 1 unspecified atom stereocenters. The van der Waals surface area contributed by atoms with Gasteiger partial charge in [0, 0.05) is 32.2 Å². The van der Waals surface area contributed by atoms with Crippen LogP contribution in [0.5, 0.6) is 11.5 Å². The first-order valence-corrected chi connectivity index (χ1v) is 9.86. The molecule has 2 aromatic rings. The van der Waals surface area contributed by atoms with Crippen molar-refractivity contribution in [2.45, 2.75) is 45.8 Å². The molecule has 0 radical (unpaired) electrons. The van der Waals surface area contributed by atoms with E-state index in [9.17, 15) is 4.79 Å². The van der Waals surface area contributed by atoms with E-state index in [1.807, 2.05) is 39.8 Å². The molecule has 30 heavy (non-hydrogen) atoms. The van der Waals surface area contributed by atoms with Crippen molar-refractivity contribution in [2.24, 2.45) is 10.7 Å². The third-order valence-corrected chi connectivity index (χ3v) is 4.71. The van der Waals surface area contributed by atoms with E-state index in [0.717, 1.165) is 16.8 Å². The Morgan fingerprint density at radius 3 is 2.90 bits per heavy atom. The number of nitrogens with zero attached hydrogens (tertiary/aromatic N) is 2. The fraction of sp³-hybridized carbons (Fsp3) is 0.348. The number of hydrogen-bond donors (Lipinski definition) is 2. The Morgan fingerprint density at radius 2 is 2.20 bits per heavy atom. The number of pyridine rings is 1. The van der Waals surface area contributed by atoms with Gasteiger partial charge in [0.25, 0.3) is 5.91 Å². The van der Waals surface area contributed by atoms with E-state index in [4.69, 9.17) is 15.2 Å². The Hall–Kier alpha value is -3.35. The smallest absolute Gasteiger partial charge is 0.279 e. The van der Waals surface area contributed by atoms with Crippen LogP contribution in [0.25, 0.3) is 0 Å². The Kier molecular flexibility index (Phi) is 6.10. The fourth-order valence-electron chi connectivity index (χ4n) is 3.29. The molecule has 0 saturated carbocycles. The second-order valence-corrected chi connectivity index (χ2v) is 7.97. The standard InChI is InChI=1S/C23H28N4O3.H2/c1-14-6-9-26-18(10-14)15(2)29-19-11-16(22(28)27-21(24)7-8-25-5)12-20-17(19)13-23(3,4)30-20;/h6-12,15,25H,13H2,1-5H3,(H2,24,27,28);1H/b8-7-;. The summed E-state index contributed by atoms with van der Waals surface area (Å²) >= 11 is 0. The largest absolute Gasteiger partial charge is 0.487 e. The van der Waals surface area contributed by atoms with Gasteiger partial charge in [-0.1, -0.05) is 0 Å². The SMILES string of the molecule is CN/C=C\C(N)=NC(=O)c1cc(OC(C)c2cc(C)ccn2)c2c(c1)OC(C)(C)C2.[HH]. The quantitative estimate of drug-likeness (QED) is 0.556. The van der Waals surface area contributed by atoms with Crippen LogP contribution < -0.4 is 20.5 Å². The van der Waals surface area contributed by atoms with Crippen molar-refractivity contribution in [3.05, 3.63) is 65.1 Å². The Balaban J connectivity index is 0.00000341. The summed E-state index contributed by atoms with van der Waals surface area (Å²) in [6.45, 7) is 7.95. The molecular formula is C23H30N4O3. The lowest BCUT2D eigenvalue weighted by atomic mass is 9.99. The van der Waals surface area contributed by atoms with Crippen LogP contribution in [0, 0.1) is 6.92 Å². The summed E-state index contributed by atoms with van der Waals surface area (Å²) in [5, 5.41) is 2.81. The van der Waals surface area contributed by atoms with Crippen LogP contribution in [0.4, 0.5) is 0 Å². The molecule has 7 heteroatoms. The molecule has 0 saturated heterocycles. The van der Waals surface area contributed by atoms with Crippen LogP contribution in [0.2, 0.25) is 0 Å². The number of aromatic nitrogens is 1. The van der Waals surface area contributed by atoms with Gasteiger partial charge in [0.1, 0.15) is 29.0 Å². The van der Waals surface area contributed by atoms with E-state index in [0.29, 0.717) is 23.5 Å². The number of carbonyl (C=O) groups is 1. The molecule has 0 fully saturated rings. The molecule has 0 aliphatic carbocycles. The molecule has 1 aliphatic rings. The molecule has 3 N–H and O–H groups in total. The number of amidine groups is 1. The number of nitrogens with one attached hydrogen (secondary N) is 1. The first-order chi connectivity index (χ1) is 14.2. The number of carbonyl (C=O) groups excluding carboxylic acids is 1. The first-order valence-electron chi connectivity index (χ1n) is 9.86. The highest BCUT2D eigenvalue weighted by molar-refractivity contribution is 6.06. The predicted octanol–water partition coefficient (Wildman–Crippen LogP) is 3.72. The normalized spacial score (nSPS) is 16.1. The van der Waals surface area contributed by atoms with Gasteiger partial charge in [-0.2, -0.15) is 4.99 Å². The van der Waals surface area contributed by atoms with E-state index in [2.05, 4.69) is 15.3 Å². The average Bonchev–Trinajstić information content (AvgIpc) is 3.00. The number of amides is 1. The number of benzene rings is 1. The highest BCUT2D eigenvalue weighted by Crippen LogP contribution is 2.42. The van der Waals surface area contributed by atoms with Crippen LogP contribution in [-0.2, 0) is 6.42 Å². The maximum absolute atomic E-state index is 12.7. The van der Waals surface area contributed by atoms with Crippen molar-refractivity contribution in [1.82, 2.24) is 10.3 Å². The van der Waals surface area contributed by atoms with Crippen LogP contribution in [0.3, 0.4) is 0 Å². The zero-order valence-electron chi connectivity index (χ0n) is 18.0. The van der Waals surface area contributed by atoms with E-state index < -0.39 is 5.91 Å². The molecule has 0 spiro atoms. The fourth-order valence-corrected chi connectivity index (χ4v) is 3.29. The first kappa shape index (κ1) is 21.4. The summed E-state index contributed by atoms with van der Waals surface area (Å²) in [5.74, 6) is 0.869. The third kappa shape index (κ3) is 4.97. The number of fused-ring (bicyclic) bond motifs is 1. The molecule has 1 atom stereocenters. The highest BCUT2D eigenvalue weighted by Gasteiger charge is 2.34. The molecule has 1 aliphatic heterocycles. The number of rotatable bonds is 6. The van der Waals surface area contributed by atoms with E-state index in [1.165, 1.54) is 6.08 Å². The van der Waals surface area contributed by atoms with E-state index in [-0.39, 0.29) is 19.0 Å². The summed E-state index contributed by atoms with van der Waals surface area (Å²) in [6.07, 6.45) is 5.27. The second kappa shape index (κ2) is 8.57. The van der Waals surface area contributed by atoms with Gasteiger partial charge in [-0.3, -0.25) is 9.78 Å². The van der Waals surface area contributed by atoms with Gasteiger partial charge in [0.2, 0.25) is 0 Å². The lowest BCUT2D eigenvalue weighted by Crippen LogP contribution is -2.24. The number of hydrogen-bond acceptors (Lipinski definition) is 5. The molecule has 1 aromatic heterocycles. The van der Waals surface area contributed by atoms with Gasteiger partial charge in [0.15, 0.2) is 0 Å². The third-order valence-electron chi connectivity index (χ3n) is 4.71. The van der Waals surface area contributed by atoms with Crippen molar-refractivity contribution in [3.63, 3.8) is 0 Å². The summed E-state index contributed by atoms with van der Waals surface area (Å²) in [6, 6.07) is 7.33. The van der Waals surface area contributed by atoms with Gasteiger partial charge in [-0.15, -0.1) is 0 Å². The number of nitrogens with two attached hydrogens (primary N) is 1. The van der Waals surface area contributed by atoms with Gasteiger partial charge in [-0.05, 0) is 69.8 Å². The van der Waals surface area contributed by atoms with Crippen LogP contribution in [0.15, 0.2) is 47.7 Å². The second-order valence-electron chi connectivity index (χ2n) is 7.97. The molecule has 160 valence electrons. The molecular weight excluding hydrogens is 380 g/mol. The zero-order valence-corrected chi connectivity index (χ0v) is 18.0. The highest BCUT2D eigenvalue weighted by atomic mass is 16.5. The van der Waals surface area contributed by atoms with E-state index in [1.54, 1.807) is 31.6 Å². The summed E-state index contributed by atoms with van der Waals surface area (Å²) in [4.78, 5) is 21.0. The van der Waals surface area contributed by atoms with Gasteiger partial charge in [0.05, 0.1) is 5.69 Å². The monoisotopic (exact) mass is 410 g/mol. The lowest BCUT2D eigenvalue weighted by Gasteiger charge is -2.17. The van der Waals surface area contributed by atoms with E-state index >= 15 is 0 Å². The topological polar surface area (TPSA) is 98.8 Å². The number of ether oxygens (including phenoxy) is 2. The lowest BCUT2D eigenvalue weighted by molar-refractivity contribution is 0.1000. The summed E-state index contributed by atoms with van der Waals surface area (Å²) < 4.78 is 12.3. The minimum atomic E-state index is -0.462. The van der Waals surface area contributed by atoms with Crippen LogP contribution in [0.1, 0.15) is 55.5 Å². The maximum atomic E-state index is 12.7. The Morgan fingerprint density at radius 1 is 1.43 bits per heavy atom. The Bertz CT molecular complexity index is 1020. The number of aliphatic imine (C=N–C) groups is 1. The Labute approximate surface area is 178 Å². The molecule has 1 amide bonds. The molecule has 7 nitrogen and oxygen atoms in total. The summed E-state index contributed by atoms with van der Waals surface area (Å²) in [7, 11) is 1.74. The zero-order chi connectivity index (χ0) is 21.9. The van der Waals surface area contributed by atoms with Crippen molar-refractivity contribution < 1.29 is 15.7 Å². The maximum Gasteiger partial charge on any atom is 0.279 e. The molecule has 1 aromatic carbocycles. The van der Waals surface area contributed by atoms with Gasteiger partial charge in [-0.25, -0.2) is 0 Å². The molecule has 2 heterocycles. The van der Waals surface area contributed by atoms with Crippen LogP contribution >= 0.6 is 0 Å². The van der Waals surface area contributed by atoms with Gasteiger partial charge >= 0.3 is 0 Å². The molecule has 3 rings (SSSR count). The van der Waals surface area contributed by atoms with Crippen LogP contribution in [-0.4, -0.2) is 29.4 Å². The minimum absolute atomic E-state index is 0. The summed E-state index contributed by atoms with van der Waals surface area (Å²) in [5.41, 5.74) is 8.62. The minimum Gasteiger partial charge on any atom is -0.487 e. The predicted molar refractivity (Wildman–Crippen MR) is 119 cm³/mol. The van der Waals surface area contributed by atoms with Gasteiger partial charge < -0.3 is 20.5 Å². The van der Waals surface area contributed by atoms with Crippen molar-refractivity contribution in [2.75, 3.05) is 7.05 Å². The molecule has 0 bridgehead atoms. The number of aryl methyl sites for hydroxylation is 1. The van der Waals surface area contributed by atoms with Crippen molar-refractivity contribution in [1.29, 1.82) is 0 Å².